The normalized spacial score (nSPS) is 21.1. The van der Waals surface area contributed by atoms with Crippen LogP contribution in [-0.4, -0.2) is 133 Å². The van der Waals surface area contributed by atoms with E-state index in [2.05, 4.69) is 34.4 Å². The number of carbonyl (C=O) groups excluding carboxylic acids is 3. The van der Waals surface area contributed by atoms with Gasteiger partial charge in [-0.2, -0.15) is 4.31 Å². The Morgan fingerprint density at radius 3 is 2.32 bits per heavy atom. The third kappa shape index (κ3) is 14.2. The van der Waals surface area contributed by atoms with Gasteiger partial charge in [-0.15, -0.1) is 0 Å². The van der Waals surface area contributed by atoms with Crippen LogP contribution in [0.5, 0.6) is 11.5 Å². The van der Waals surface area contributed by atoms with E-state index in [1.165, 1.54) is 26.0 Å². The summed E-state index contributed by atoms with van der Waals surface area (Å²) in [6, 6.07) is 3.78. The van der Waals surface area contributed by atoms with E-state index in [0.29, 0.717) is 5.56 Å². The van der Waals surface area contributed by atoms with E-state index in [1.54, 1.807) is 0 Å². The summed E-state index contributed by atoms with van der Waals surface area (Å²) in [5, 5.41) is 45.1. The Hall–Kier alpha value is -3.62. The number of amides is 2. The molecule has 7 unspecified atom stereocenters. The number of aliphatic hydroxyl groups is 2. The number of thioether (sulfide) groups is 1. The molecule has 30 heteroatoms. The number of phosphoric acid groups is 3. The molecule has 2 aromatic heterocycles. The second-order valence-corrected chi connectivity index (χ2v) is 18.7. The molecule has 4 rings (SSSR count). The molecule has 0 aliphatic carbocycles. The number of phosphoric ester groups is 3. The van der Waals surface area contributed by atoms with Gasteiger partial charge in [0.2, 0.25) is 11.8 Å². The number of aromatic hydroxyl groups is 2. The highest BCUT2D eigenvalue weighted by molar-refractivity contribution is 8.13. The molecule has 26 nitrogen and oxygen atoms in total. The van der Waals surface area contributed by atoms with Gasteiger partial charge in [0.15, 0.2) is 22.8 Å². The zero-order valence-corrected chi connectivity index (χ0v) is 34.4. The molecule has 328 valence electrons. The number of aliphatic hydroxyl groups excluding tert-OH is 2. The van der Waals surface area contributed by atoms with Crippen LogP contribution in [0.15, 0.2) is 30.9 Å². The van der Waals surface area contributed by atoms with Crippen LogP contribution in [0.2, 0.25) is 0 Å². The topological polar surface area (TPSA) is 404 Å². The summed E-state index contributed by atoms with van der Waals surface area (Å²) in [4.78, 5) is 87.8. The Labute approximate surface area is 337 Å². The van der Waals surface area contributed by atoms with Crippen molar-refractivity contribution in [2.45, 2.75) is 57.3 Å². The van der Waals surface area contributed by atoms with Crippen LogP contribution in [0.25, 0.3) is 11.2 Å². The van der Waals surface area contributed by atoms with Crippen LogP contribution in [0.1, 0.15) is 32.1 Å². The number of hydrogen-bond acceptors (Lipinski definition) is 20. The maximum atomic E-state index is 12.7. The molecule has 1 fully saturated rings. The van der Waals surface area contributed by atoms with Crippen molar-refractivity contribution >= 4 is 69.1 Å². The number of aromatic nitrogens is 4. The molecule has 1 aromatic carbocycles. The van der Waals surface area contributed by atoms with Gasteiger partial charge >= 0.3 is 23.5 Å². The van der Waals surface area contributed by atoms with Crippen molar-refractivity contribution in [3.63, 3.8) is 0 Å². The van der Waals surface area contributed by atoms with Gasteiger partial charge in [0, 0.05) is 43.2 Å². The number of nitrogens with zero attached hydrogens (tertiary/aromatic N) is 4. The third-order valence-corrected chi connectivity index (χ3v) is 12.0. The maximum Gasteiger partial charge on any atom is 0.481 e. The smallest absolute Gasteiger partial charge is 0.481 e. The van der Waals surface area contributed by atoms with Crippen molar-refractivity contribution in [3.05, 3.63) is 36.4 Å². The average Bonchev–Trinajstić information content (AvgIpc) is 3.67. The number of nitrogens with one attached hydrogen (secondary N) is 2. The van der Waals surface area contributed by atoms with Crippen LogP contribution >= 0.6 is 35.2 Å². The number of fused-ring (bicyclic) bond motifs is 1. The lowest BCUT2D eigenvalue weighted by Gasteiger charge is -2.30. The molecule has 3 heterocycles. The van der Waals surface area contributed by atoms with Crippen molar-refractivity contribution in [1.29, 1.82) is 0 Å². The van der Waals surface area contributed by atoms with Gasteiger partial charge in [0.1, 0.15) is 47.8 Å². The highest BCUT2D eigenvalue weighted by Gasteiger charge is 2.50. The van der Waals surface area contributed by atoms with E-state index in [-0.39, 0.29) is 65.3 Å². The molecule has 0 spiro atoms. The predicted molar refractivity (Wildman–Crippen MR) is 201 cm³/mol. The molecule has 1 aliphatic heterocycles. The zero-order chi connectivity index (χ0) is 43.9. The van der Waals surface area contributed by atoms with Gasteiger partial charge in [-0.05, 0) is 17.7 Å². The molecule has 12 N–H and O–H groups in total. The molecule has 3 aromatic rings. The Bertz CT molecular complexity index is 2120. The van der Waals surface area contributed by atoms with E-state index < -0.39 is 84.6 Å². The number of anilines is 1. The quantitative estimate of drug-likeness (QED) is 0.0466. The lowest BCUT2D eigenvalue weighted by molar-refractivity contribution is -0.137. The maximum absolute atomic E-state index is 12.7. The molecule has 0 radical (unpaired) electrons. The van der Waals surface area contributed by atoms with E-state index in [4.69, 9.17) is 19.5 Å². The summed E-state index contributed by atoms with van der Waals surface area (Å²) >= 11 is 0.913. The third-order valence-electron chi connectivity index (χ3n) is 8.08. The summed E-state index contributed by atoms with van der Waals surface area (Å²) in [6.07, 6.45) is -7.15. The van der Waals surface area contributed by atoms with Gasteiger partial charge in [0.05, 0.1) is 19.5 Å². The second kappa shape index (κ2) is 19.8. The Balaban J connectivity index is 1.21. The molecular weight excluding hydrogens is 875 g/mol. The van der Waals surface area contributed by atoms with E-state index in [1.807, 2.05) is 0 Å². The molecular formula is C29H42N7O19P3S. The zero-order valence-electron chi connectivity index (χ0n) is 30.9. The van der Waals surface area contributed by atoms with Crippen LogP contribution in [-0.2, 0) is 57.1 Å². The summed E-state index contributed by atoms with van der Waals surface area (Å²) in [5.41, 5.74) is 4.61. The Kier molecular flexibility index (Phi) is 16.2. The molecule has 2 amide bonds. The average molecular weight is 918 g/mol. The highest BCUT2D eigenvalue weighted by atomic mass is 32.2. The van der Waals surface area contributed by atoms with Crippen LogP contribution in [0.3, 0.4) is 0 Å². The molecule has 1 aliphatic rings. The number of benzene rings is 1. The van der Waals surface area contributed by atoms with Gasteiger partial charge in [-0.1, -0.05) is 25.6 Å². The minimum absolute atomic E-state index is 0.0202. The standard InChI is InChI=1S/C29H42N7O19P3S/c1-29(2,24(42)27(43)32-4-3-19(39)31-5-6-59-20(40)9-15-7-16(37)10-17(38)8-15)12-52-58(49,50)55-57(47,48)51-11-18-23(54-56(44,45)46)22(41)28(53-18)36-14-35-21-25(30)33-13-34-26(21)36/h7-8,10,13-14,18,22-24,28,37-38,41-42H,3-6,9,11-12H2,1-2H3,(H,31,39)(H,32,43)(H,47,48)(H,49,50)(H2,30,33,34)(H2,44,45,46). The van der Waals surface area contributed by atoms with Crippen LogP contribution in [0, 0.1) is 5.41 Å². The van der Waals surface area contributed by atoms with E-state index in [9.17, 15) is 68.1 Å². The fourth-order valence-electron chi connectivity index (χ4n) is 5.27. The van der Waals surface area contributed by atoms with Crippen molar-refractivity contribution in [2.24, 2.45) is 5.41 Å². The van der Waals surface area contributed by atoms with Crippen LogP contribution in [0.4, 0.5) is 5.82 Å². The Morgan fingerprint density at radius 1 is 1.00 bits per heavy atom. The fraction of sp³-hybridized carbons (Fsp3) is 0.517. The molecule has 59 heavy (non-hydrogen) atoms. The molecule has 1 saturated heterocycles. The number of phenolic OH excluding ortho intramolecular Hbond substituents is 2. The summed E-state index contributed by atoms with van der Waals surface area (Å²) in [7, 11) is -16.5. The van der Waals surface area contributed by atoms with Gasteiger partial charge in [-0.25, -0.2) is 28.6 Å². The molecule has 0 bridgehead atoms. The van der Waals surface area contributed by atoms with Crippen molar-refractivity contribution in [2.75, 3.05) is 37.8 Å². The summed E-state index contributed by atoms with van der Waals surface area (Å²) in [5.74, 6) is -1.76. The van der Waals surface area contributed by atoms with Crippen molar-refractivity contribution in [3.8, 4) is 11.5 Å². The minimum Gasteiger partial charge on any atom is -0.508 e. The first-order valence-electron chi connectivity index (χ1n) is 16.9. The first kappa shape index (κ1) is 48.1. The number of hydrogen-bond donors (Lipinski definition) is 11. The number of rotatable bonds is 21. The number of ether oxygens (including phenoxy) is 1. The van der Waals surface area contributed by atoms with E-state index >= 15 is 0 Å². The van der Waals surface area contributed by atoms with Crippen LogP contribution < -0.4 is 16.4 Å². The van der Waals surface area contributed by atoms with Crippen molar-refractivity contribution < 1.29 is 90.7 Å². The Morgan fingerprint density at radius 2 is 1.66 bits per heavy atom. The van der Waals surface area contributed by atoms with Gasteiger partial charge < -0.3 is 61.1 Å². The molecule has 0 saturated carbocycles. The molecule has 7 atom stereocenters. The largest absolute Gasteiger partial charge is 0.508 e. The fourth-order valence-corrected chi connectivity index (χ4v) is 8.80. The van der Waals surface area contributed by atoms with Gasteiger partial charge in [-0.3, -0.25) is 32.5 Å². The lowest BCUT2D eigenvalue weighted by atomic mass is 9.87. The lowest BCUT2D eigenvalue weighted by Crippen LogP contribution is -2.46. The summed E-state index contributed by atoms with van der Waals surface area (Å²) < 4.78 is 62.1. The number of nitrogens with two attached hydrogens (primary N) is 1. The first-order chi connectivity index (χ1) is 27.4. The van der Waals surface area contributed by atoms with E-state index in [0.717, 1.165) is 35.0 Å². The van der Waals surface area contributed by atoms with Gasteiger partial charge in [0.25, 0.3) is 0 Å². The number of carbonyl (C=O) groups is 3. The highest BCUT2D eigenvalue weighted by Crippen LogP contribution is 2.61. The summed E-state index contributed by atoms with van der Waals surface area (Å²) in [6.45, 7) is 0.241. The minimum atomic E-state index is -5.59. The number of phenols is 2. The monoisotopic (exact) mass is 917 g/mol. The second-order valence-electron chi connectivity index (χ2n) is 13.3. The van der Waals surface area contributed by atoms with Crippen molar-refractivity contribution in [1.82, 2.24) is 30.2 Å². The number of imidazole rings is 1. The number of nitrogen functional groups attached to an aromatic ring is 1. The first-order valence-corrected chi connectivity index (χ1v) is 22.4. The predicted octanol–water partition coefficient (Wildman–Crippen LogP) is -0.681. The SMILES string of the molecule is CC(C)(COP(=O)(O)OP(=O)(O)OCC1OC(n2cnc3c(N)ncnc32)C(O)C1OP(=O)(O)O)C(O)C(=O)NCCC(=O)NCCSC(=O)Cc1cc(O)cc(O)c1.